The summed E-state index contributed by atoms with van der Waals surface area (Å²) in [6, 6.07) is 77.7. The average molecular weight is 818 g/mol. The Balaban J connectivity index is 1.06. The molecule has 3 nitrogen and oxygen atoms in total. The molecule has 0 amide bonds. The lowest BCUT2D eigenvalue weighted by Crippen LogP contribution is -2.33. The smallest absolute Gasteiger partial charge is 0.160 e. The lowest BCUT2D eigenvalue weighted by molar-refractivity contribution is 0.748. The van der Waals surface area contributed by atoms with Crippen LogP contribution in [-0.2, 0) is 5.41 Å². The Morgan fingerprint density at radius 1 is 0.381 bits per heavy atom. The first-order chi connectivity index (χ1) is 31.3. The molecule has 9 aromatic carbocycles. The molecule has 0 fully saturated rings. The molecule has 4 heterocycles. The van der Waals surface area contributed by atoms with Crippen molar-refractivity contribution in [2.75, 3.05) is 0 Å². The Morgan fingerprint density at radius 3 is 1.89 bits per heavy atom. The number of aromatic nitrogens is 3. The van der Waals surface area contributed by atoms with E-state index in [4.69, 9.17) is 9.97 Å². The molecular weight excluding hydrogens is 783 g/mol. The van der Waals surface area contributed by atoms with Gasteiger partial charge in [-0.15, -0.1) is 11.3 Å². The average Bonchev–Trinajstić information content (AvgIpc) is 4.00. The van der Waals surface area contributed by atoms with E-state index in [2.05, 4.69) is 217 Å². The van der Waals surface area contributed by atoms with Gasteiger partial charge in [-0.2, -0.15) is 0 Å². The summed E-state index contributed by atoms with van der Waals surface area (Å²) in [4.78, 5) is 11.1. The second kappa shape index (κ2) is 13.0. The van der Waals surface area contributed by atoms with Crippen LogP contribution in [-0.4, -0.2) is 14.5 Å². The summed E-state index contributed by atoms with van der Waals surface area (Å²) in [7, 11) is 0. The molecule has 4 heteroatoms. The van der Waals surface area contributed by atoms with Crippen molar-refractivity contribution in [2.24, 2.45) is 0 Å². The number of para-hydroxylation sites is 3. The molecule has 0 N–H and O–H groups in total. The first kappa shape index (κ1) is 34.8. The van der Waals surface area contributed by atoms with Gasteiger partial charge in [-0.1, -0.05) is 182 Å². The number of fused-ring (bicyclic) bond motifs is 15. The van der Waals surface area contributed by atoms with Crippen LogP contribution in [0.1, 0.15) is 22.3 Å². The Hall–Kier alpha value is -7.92. The summed E-state index contributed by atoms with van der Waals surface area (Å²) < 4.78 is 5.01. The fourth-order valence-corrected chi connectivity index (χ4v) is 12.3. The normalized spacial score (nSPS) is 14.7. The van der Waals surface area contributed by atoms with E-state index < -0.39 is 5.41 Å². The number of rotatable bonds is 4. The maximum Gasteiger partial charge on any atom is 0.160 e. The Labute approximate surface area is 367 Å². The van der Waals surface area contributed by atoms with Crippen molar-refractivity contribution in [1.29, 1.82) is 0 Å². The SMILES string of the molecule is c1ccc(-c2ccccc2-c2cc(-c3cccc4c3sc3ccccc34)nc(-c3ccc4c(c3)C3(c5ccccc5-4)c4ccccc4-n4c5ccccc5c5cccc3c54)n2)cc1. The molecule has 1 aliphatic carbocycles. The zero-order chi connectivity index (χ0) is 41.2. The highest BCUT2D eigenvalue weighted by atomic mass is 32.1. The third-order valence-electron chi connectivity index (χ3n) is 13.6. The molecule has 1 aliphatic heterocycles. The van der Waals surface area contributed by atoms with Gasteiger partial charge in [0.1, 0.15) is 0 Å². The molecule has 0 saturated heterocycles. The molecule has 292 valence electrons. The van der Waals surface area contributed by atoms with E-state index in [0.29, 0.717) is 5.82 Å². The minimum absolute atomic E-state index is 0.578. The Bertz CT molecular complexity index is 3880. The largest absolute Gasteiger partial charge is 0.309 e. The maximum absolute atomic E-state index is 5.57. The lowest BCUT2D eigenvalue weighted by Gasteiger charge is -2.39. The van der Waals surface area contributed by atoms with Gasteiger partial charge in [0, 0.05) is 47.6 Å². The van der Waals surface area contributed by atoms with Crippen LogP contribution in [0.15, 0.2) is 212 Å². The van der Waals surface area contributed by atoms with Crippen LogP contribution < -0.4 is 0 Å². The van der Waals surface area contributed by atoms with Gasteiger partial charge in [-0.3, -0.25) is 0 Å². The molecule has 1 atom stereocenters. The molecular formula is C59H35N3S. The van der Waals surface area contributed by atoms with Crippen molar-refractivity contribution in [1.82, 2.24) is 14.5 Å². The Kier molecular flexibility index (Phi) is 7.20. The molecule has 1 spiro atoms. The Morgan fingerprint density at radius 2 is 1.00 bits per heavy atom. The van der Waals surface area contributed by atoms with Crippen molar-refractivity contribution in [3.8, 4) is 61.8 Å². The molecule has 2 aliphatic rings. The molecule has 63 heavy (non-hydrogen) atoms. The molecule has 1 unspecified atom stereocenters. The highest BCUT2D eigenvalue weighted by molar-refractivity contribution is 7.26. The van der Waals surface area contributed by atoms with E-state index >= 15 is 0 Å². The number of nitrogens with zero attached hydrogens (tertiary/aromatic N) is 3. The van der Waals surface area contributed by atoms with Crippen LogP contribution in [0.5, 0.6) is 0 Å². The summed E-state index contributed by atoms with van der Waals surface area (Å²) >= 11 is 1.83. The van der Waals surface area contributed by atoms with Gasteiger partial charge in [-0.05, 0) is 74.8 Å². The van der Waals surface area contributed by atoms with E-state index in [1.165, 1.54) is 81.0 Å². The summed E-state index contributed by atoms with van der Waals surface area (Å²) in [5.74, 6) is 0.703. The fraction of sp³-hybridized carbons (Fsp3) is 0.0169. The standard InChI is InChI=1S/C59H35N3S/c1-2-16-36(17-3-1)38-18-4-5-20-41(38)51-35-52(46-25-14-24-45-43-22-8-13-31-55(43)63-57(45)46)61-58(60-51)37-32-33-40-39-19-6-9-26-47(39)59(50(40)34-37)48-27-10-12-30-54(48)62-53-29-11-7-21-42(53)44-23-15-28-49(59)56(44)62/h1-35H. The monoisotopic (exact) mass is 817 g/mol. The lowest BCUT2D eigenvalue weighted by atomic mass is 9.65. The van der Waals surface area contributed by atoms with E-state index in [9.17, 15) is 0 Å². The number of thiophene rings is 1. The predicted octanol–water partition coefficient (Wildman–Crippen LogP) is 15.3. The summed E-state index contributed by atoms with van der Waals surface area (Å²) in [6.07, 6.45) is 0. The summed E-state index contributed by atoms with van der Waals surface area (Å²) in [5, 5.41) is 5.06. The predicted molar refractivity (Wildman–Crippen MR) is 262 cm³/mol. The van der Waals surface area contributed by atoms with E-state index in [1.807, 2.05) is 11.3 Å². The zero-order valence-electron chi connectivity index (χ0n) is 34.0. The van der Waals surface area contributed by atoms with Crippen molar-refractivity contribution in [3.05, 3.63) is 235 Å². The highest BCUT2D eigenvalue weighted by Crippen LogP contribution is 2.61. The van der Waals surface area contributed by atoms with Crippen molar-refractivity contribution in [3.63, 3.8) is 0 Å². The van der Waals surface area contributed by atoms with Gasteiger partial charge in [0.15, 0.2) is 5.82 Å². The molecule has 12 aromatic rings. The molecule has 14 rings (SSSR count). The van der Waals surface area contributed by atoms with Crippen LogP contribution in [0.3, 0.4) is 0 Å². The van der Waals surface area contributed by atoms with Crippen molar-refractivity contribution in [2.45, 2.75) is 5.41 Å². The minimum atomic E-state index is -0.578. The molecule has 3 aromatic heterocycles. The van der Waals surface area contributed by atoms with E-state index in [-0.39, 0.29) is 0 Å². The third kappa shape index (κ3) is 4.73. The summed E-state index contributed by atoms with van der Waals surface area (Å²) in [6.45, 7) is 0. The van der Waals surface area contributed by atoms with Gasteiger partial charge >= 0.3 is 0 Å². The van der Waals surface area contributed by atoms with Crippen molar-refractivity contribution >= 4 is 53.3 Å². The second-order valence-corrected chi connectivity index (χ2v) is 17.8. The molecule has 0 radical (unpaired) electrons. The fourth-order valence-electron chi connectivity index (χ4n) is 11.1. The first-order valence-corrected chi connectivity index (χ1v) is 22.4. The summed E-state index contributed by atoms with van der Waals surface area (Å²) in [5.41, 5.74) is 18.0. The van der Waals surface area contributed by atoms with Crippen LogP contribution in [0.4, 0.5) is 0 Å². The van der Waals surface area contributed by atoms with E-state index in [0.717, 1.165) is 39.2 Å². The van der Waals surface area contributed by atoms with Crippen molar-refractivity contribution < 1.29 is 0 Å². The van der Waals surface area contributed by atoms with Gasteiger partial charge in [0.05, 0.1) is 33.5 Å². The zero-order valence-corrected chi connectivity index (χ0v) is 34.8. The van der Waals surface area contributed by atoms with Crippen LogP contribution >= 0.6 is 11.3 Å². The molecule has 0 bridgehead atoms. The molecule has 0 saturated carbocycles. The quantitative estimate of drug-likeness (QED) is 0.177. The van der Waals surface area contributed by atoms with E-state index in [1.54, 1.807) is 0 Å². The topological polar surface area (TPSA) is 30.7 Å². The third-order valence-corrected chi connectivity index (χ3v) is 14.9. The second-order valence-electron chi connectivity index (χ2n) is 16.8. The van der Waals surface area contributed by atoms with Gasteiger partial charge in [0.25, 0.3) is 0 Å². The minimum Gasteiger partial charge on any atom is -0.309 e. The maximum atomic E-state index is 5.57. The highest BCUT2D eigenvalue weighted by Gasteiger charge is 2.51. The number of benzene rings is 9. The van der Waals surface area contributed by atoms with Gasteiger partial charge in [-0.25, -0.2) is 9.97 Å². The van der Waals surface area contributed by atoms with Crippen LogP contribution in [0.2, 0.25) is 0 Å². The van der Waals surface area contributed by atoms with Gasteiger partial charge in [0.2, 0.25) is 0 Å². The number of hydrogen-bond acceptors (Lipinski definition) is 3. The first-order valence-electron chi connectivity index (χ1n) is 21.6. The van der Waals surface area contributed by atoms with Gasteiger partial charge < -0.3 is 4.57 Å². The van der Waals surface area contributed by atoms with Crippen LogP contribution in [0.25, 0.3) is 104 Å². The number of hydrogen-bond donors (Lipinski definition) is 0. The van der Waals surface area contributed by atoms with Crippen LogP contribution in [0, 0.1) is 0 Å².